The molecule has 0 radical (unpaired) electrons. The Labute approximate surface area is 432 Å². The van der Waals surface area contributed by atoms with Gasteiger partial charge in [-0.15, -0.1) is 0 Å². The molecule has 7 aliphatic rings. The van der Waals surface area contributed by atoms with E-state index in [-0.39, 0.29) is 91.9 Å². The second kappa shape index (κ2) is 25.5. The molecule has 1 saturated heterocycles. The van der Waals surface area contributed by atoms with Crippen LogP contribution in [-0.2, 0) is 33.3 Å². The molecule has 0 aromatic rings. The van der Waals surface area contributed by atoms with Crippen LogP contribution in [0.1, 0.15) is 65.2 Å². The maximum atomic E-state index is 15.2. The van der Waals surface area contributed by atoms with Crippen molar-refractivity contribution in [3.63, 3.8) is 0 Å². The number of hydrogen-bond acceptors (Lipinski definition) is 19. The number of nitrogens with one attached hydrogen (secondary N) is 1. The SMILES string of the molecule is CC(C)O[C@H]1[C@H](O[C@@H]2OC=C3C(=O)O[C@@H]4CC[C@H](CO)[C@H]4CSS[C@H]4[C@H](CCN=C(N)N)C#C/C(=C\C5=C(NC(N)=NCCCO)C(C(=O)O)=CN(C5)[C@H]4CO)[C@H]3[C@H]2C=C2CCCC2)O[C@H](CO)[C@@H](O)C1(O)O. The van der Waals surface area contributed by atoms with E-state index in [1.807, 2.05) is 6.08 Å². The van der Waals surface area contributed by atoms with Crippen LogP contribution in [0.3, 0.4) is 0 Å². The van der Waals surface area contributed by atoms with E-state index < -0.39 is 103 Å². The highest BCUT2D eigenvalue weighted by Gasteiger charge is 2.58. The van der Waals surface area contributed by atoms with Crippen LogP contribution in [0.2, 0.25) is 0 Å². The number of aliphatic hydroxyl groups excluding tert-OH is 5. The minimum Gasteiger partial charge on any atom is -0.478 e. The van der Waals surface area contributed by atoms with E-state index in [1.54, 1.807) is 24.8 Å². The number of allylic oxidation sites excluding steroid dienone is 2. The first-order chi connectivity index (χ1) is 35.0. The van der Waals surface area contributed by atoms with E-state index in [2.05, 4.69) is 27.1 Å². The summed E-state index contributed by atoms with van der Waals surface area (Å²) in [5, 5.41) is 89.0. The number of carbonyl (C=O) groups is 2. The van der Waals surface area contributed by atoms with Gasteiger partial charge in [0.05, 0.1) is 59.6 Å². The Bertz CT molecular complexity index is 2270. The number of esters is 1. The number of nitrogens with zero attached hydrogens (tertiary/aromatic N) is 3. The van der Waals surface area contributed by atoms with E-state index in [9.17, 15) is 45.6 Å². The minimum absolute atomic E-state index is 0.0123. The lowest BCUT2D eigenvalue weighted by molar-refractivity contribution is -0.413. The number of hydrogen-bond donors (Lipinski definition) is 12. The molecular formula is C49H71N7O15S2. The third-order valence-electron chi connectivity index (χ3n) is 14.3. The Morgan fingerprint density at radius 1 is 1.07 bits per heavy atom. The molecule has 15 N–H and O–H groups in total. The second-order valence-electron chi connectivity index (χ2n) is 19.5. The van der Waals surface area contributed by atoms with Gasteiger partial charge in [0.25, 0.3) is 0 Å². The molecule has 0 unspecified atom stereocenters. The largest absolute Gasteiger partial charge is 0.478 e. The van der Waals surface area contributed by atoms with Gasteiger partial charge in [-0.25, -0.2) is 9.59 Å². The van der Waals surface area contributed by atoms with Gasteiger partial charge in [-0.2, -0.15) is 0 Å². The number of aliphatic carboxylic acids is 1. The average molecular weight is 1060 g/mol. The minimum atomic E-state index is -2.99. The number of guanidine groups is 2. The van der Waals surface area contributed by atoms with Crippen LogP contribution in [0, 0.1) is 41.4 Å². The van der Waals surface area contributed by atoms with Gasteiger partial charge < -0.3 is 92.0 Å². The Kier molecular flexibility index (Phi) is 19.7. The molecule has 22 nitrogen and oxygen atoms in total. The Morgan fingerprint density at radius 2 is 1.84 bits per heavy atom. The summed E-state index contributed by atoms with van der Waals surface area (Å²) in [7, 11) is 2.93. The van der Waals surface area contributed by atoms with Crippen LogP contribution in [0.25, 0.3) is 0 Å². The van der Waals surface area contributed by atoms with Crippen LogP contribution in [-0.4, -0.2) is 182 Å². The zero-order valence-corrected chi connectivity index (χ0v) is 42.7. The van der Waals surface area contributed by atoms with E-state index in [0.717, 1.165) is 18.4 Å². The number of aliphatic imine (C=N–C) groups is 2. The number of fused-ring (bicyclic) bond motifs is 8. The monoisotopic (exact) mass is 1060 g/mol. The van der Waals surface area contributed by atoms with Crippen molar-refractivity contribution in [1.82, 2.24) is 10.2 Å². The molecule has 5 aliphatic heterocycles. The number of aliphatic hydroxyl groups is 7. The summed E-state index contributed by atoms with van der Waals surface area (Å²) in [5.41, 5.74) is 19.5. The highest BCUT2D eigenvalue weighted by molar-refractivity contribution is 8.77. The van der Waals surface area contributed by atoms with E-state index >= 15 is 4.79 Å². The first-order valence-electron chi connectivity index (χ1n) is 24.9. The molecule has 2 saturated carbocycles. The van der Waals surface area contributed by atoms with Crippen LogP contribution in [0.5, 0.6) is 0 Å². The van der Waals surface area contributed by atoms with Crippen LogP contribution in [0.4, 0.5) is 0 Å². The number of rotatable bonds is 16. The molecule has 7 rings (SSSR count). The van der Waals surface area contributed by atoms with Gasteiger partial charge in [-0.3, -0.25) is 9.98 Å². The Balaban J connectivity index is 1.51. The maximum absolute atomic E-state index is 15.2. The number of carbonyl (C=O) groups excluding carboxylic acids is 1. The lowest BCUT2D eigenvalue weighted by Gasteiger charge is -2.48. The second-order valence-corrected chi connectivity index (χ2v) is 22.1. The smallest absolute Gasteiger partial charge is 0.339 e. The van der Waals surface area contributed by atoms with E-state index in [4.69, 9.17) is 40.9 Å². The summed E-state index contributed by atoms with van der Waals surface area (Å²) in [4.78, 5) is 39.0. The number of carboxylic acid groups (broad SMARTS) is 1. The zero-order valence-electron chi connectivity index (χ0n) is 41.0. The van der Waals surface area contributed by atoms with Crippen molar-refractivity contribution in [1.29, 1.82) is 0 Å². The first-order valence-corrected chi connectivity index (χ1v) is 27.2. The summed E-state index contributed by atoms with van der Waals surface area (Å²) < 4.78 is 31.5. The number of ether oxygens (including phenoxy) is 5. The predicted molar refractivity (Wildman–Crippen MR) is 270 cm³/mol. The maximum Gasteiger partial charge on any atom is 0.339 e. The van der Waals surface area contributed by atoms with E-state index in [1.165, 1.54) is 34.0 Å². The predicted octanol–water partition coefficient (Wildman–Crippen LogP) is -0.369. The molecule has 4 bridgehead atoms. The van der Waals surface area contributed by atoms with Crippen molar-refractivity contribution >= 4 is 45.4 Å². The van der Waals surface area contributed by atoms with Gasteiger partial charge in [-0.05, 0) is 82.8 Å². The normalized spacial score (nSPS) is 34.2. The van der Waals surface area contributed by atoms with Gasteiger partial charge in [-0.1, -0.05) is 45.1 Å². The molecular weight excluding hydrogens is 991 g/mol. The molecule has 0 aromatic carbocycles. The fourth-order valence-electron chi connectivity index (χ4n) is 10.5. The van der Waals surface area contributed by atoms with Crippen molar-refractivity contribution in [3.05, 3.63) is 58.2 Å². The Morgan fingerprint density at radius 3 is 2.51 bits per heavy atom. The molecule has 0 spiro atoms. The Hall–Kier alpha value is -4.36. The van der Waals surface area contributed by atoms with Crippen molar-refractivity contribution < 1.29 is 74.1 Å². The topological polar surface area (TPSA) is 360 Å². The third kappa shape index (κ3) is 13.2. The molecule has 3 fully saturated rings. The summed E-state index contributed by atoms with van der Waals surface area (Å²) in [6, 6.07) is -0.745. The average Bonchev–Trinajstić information content (AvgIpc) is 4.01. The quantitative estimate of drug-likeness (QED) is 0.0137. The molecule has 73 heavy (non-hydrogen) atoms. The lowest BCUT2D eigenvalue weighted by Crippen LogP contribution is -2.69. The van der Waals surface area contributed by atoms with Gasteiger partial charge in [0.1, 0.15) is 18.3 Å². The van der Waals surface area contributed by atoms with Crippen LogP contribution in [0.15, 0.2) is 68.2 Å². The zero-order chi connectivity index (χ0) is 52.6. The van der Waals surface area contributed by atoms with Crippen molar-refractivity contribution in [2.75, 3.05) is 51.8 Å². The summed E-state index contributed by atoms with van der Waals surface area (Å²) in [6.45, 7) is 1.98. The van der Waals surface area contributed by atoms with Gasteiger partial charge in [0.15, 0.2) is 24.3 Å². The van der Waals surface area contributed by atoms with Gasteiger partial charge in [0.2, 0.25) is 12.1 Å². The lowest BCUT2D eigenvalue weighted by atomic mass is 9.76. The fraction of sp³-hybridized carbons (Fsp3) is 0.673. The molecule has 0 amide bonds. The highest BCUT2D eigenvalue weighted by Crippen LogP contribution is 2.47. The standard InChI is InChI=1S/C49H71N7O15S2/c1-25(2)68-42-46(70-37(22-60)41(61)49(42,65)66)71-45-31(16-26-6-3-4-7-26)38-28-9-8-27(12-14-53-47(50)51)40(73-72-24-34-29(20-58)10-11-36(34)69-44(64)33(38)23-67-45)35(21-59)56-18-30(17-28)39(32(19-56)43(62)63)55-48(52)54-13-5-15-57/h16-17,19,23,25,27,29,31,34-38,40-42,45-46,57-61,65-66H,3-7,10-15,18,20-22,24H2,1-2H3,(H,62,63)(H4,50,51,53)(H3,52,54,55)/b28-17+/t27-,29+,31+,34+,35-,36+,37+,38-,40-,41+,42-,45-,46-/m0/s1. The van der Waals surface area contributed by atoms with Gasteiger partial charge >= 0.3 is 11.9 Å². The fourth-order valence-corrected chi connectivity index (χ4v) is 14.1. The summed E-state index contributed by atoms with van der Waals surface area (Å²) >= 11 is 0. The van der Waals surface area contributed by atoms with E-state index in [0.29, 0.717) is 37.0 Å². The molecule has 0 aromatic heterocycles. The molecule has 404 valence electrons. The number of nitrogens with two attached hydrogens (primary N) is 3. The van der Waals surface area contributed by atoms with Gasteiger partial charge in [0, 0.05) is 68.1 Å². The first kappa shape index (κ1) is 56.4. The van der Waals surface area contributed by atoms with Crippen LogP contribution < -0.4 is 22.5 Å². The van der Waals surface area contributed by atoms with Crippen molar-refractivity contribution in [2.24, 2.45) is 56.8 Å². The van der Waals surface area contributed by atoms with Crippen molar-refractivity contribution in [2.45, 2.75) is 125 Å². The molecule has 5 heterocycles. The molecule has 24 heteroatoms. The van der Waals surface area contributed by atoms with Crippen molar-refractivity contribution in [3.8, 4) is 11.8 Å². The summed E-state index contributed by atoms with van der Waals surface area (Å²) in [6.07, 6.45) is 1.31. The molecule has 2 aliphatic carbocycles. The van der Waals surface area contributed by atoms with Crippen LogP contribution >= 0.6 is 21.6 Å². The third-order valence-corrected chi connectivity index (χ3v) is 17.3. The molecule has 13 atom stereocenters. The number of carboxylic acids is 1. The summed E-state index contributed by atoms with van der Waals surface area (Å²) in [5.74, 6) is -1.19. The highest BCUT2D eigenvalue weighted by atomic mass is 33.1.